The van der Waals surface area contributed by atoms with Crippen molar-refractivity contribution in [3.63, 3.8) is 0 Å². The Labute approximate surface area is 187 Å². The number of thiocarbonyl (C=S) groups is 1. The Kier molecular flexibility index (Phi) is 7.30. The molecule has 0 aromatic heterocycles. The fourth-order valence-corrected chi connectivity index (χ4v) is 6.65. The van der Waals surface area contributed by atoms with Gasteiger partial charge in [0.25, 0.3) is 5.91 Å². The molecule has 2 aliphatic rings. The zero-order valence-corrected chi connectivity index (χ0v) is 19.7. The van der Waals surface area contributed by atoms with Crippen LogP contribution in [0.15, 0.2) is 29.3 Å². The molecule has 0 spiro atoms. The second-order valence-corrected chi connectivity index (χ2v) is 11.0. The Morgan fingerprint density at radius 2 is 2.03 bits per heavy atom. The zero-order valence-electron chi connectivity index (χ0n) is 17.3. The van der Waals surface area contributed by atoms with Crippen LogP contribution in [0.5, 0.6) is 11.5 Å². The number of sulfone groups is 1. The van der Waals surface area contributed by atoms with Crippen LogP contribution in [0.25, 0.3) is 0 Å². The molecule has 1 unspecified atom stereocenters. The molecule has 30 heavy (non-hydrogen) atoms. The topological polar surface area (TPSA) is 76.2 Å². The van der Waals surface area contributed by atoms with Gasteiger partial charge in [-0.1, -0.05) is 30.0 Å². The average molecular weight is 471 g/mol. The first-order valence-corrected chi connectivity index (χ1v) is 12.7. The molecule has 2 aliphatic heterocycles. The van der Waals surface area contributed by atoms with Gasteiger partial charge in [0.1, 0.15) is 4.32 Å². The third-order valence-electron chi connectivity index (χ3n) is 5.27. The van der Waals surface area contributed by atoms with E-state index in [0.717, 1.165) is 5.56 Å². The van der Waals surface area contributed by atoms with Crippen molar-refractivity contribution in [3.8, 4) is 11.5 Å². The van der Waals surface area contributed by atoms with Crippen LogP contribution in [0.2, 0.25) is 0 Å². The fraction of sp³-hybridized carbons (Fsp3) is 0.500. The number of carbonyl (C=O) groups is 1. The van der Waals surface area contributed by atoms with Crippen molar-refractivity contribution in [3.05, 3.63) is 34.9 Å². The van der Waals surface area contributed by atoms with Gasteiger partial charge in [-0.2, -0.15) is 0 Å². The Balaban J connectivity index is 1.68. The first kappa shape index (κ1) is 22.9. The molecule has 1 aromatic rings. The molecule has 0 saturated carbocycles. The number of hydrogen-bond acceptors (Lipinski definition) is 8. The van der Waals surface area contributed by atoms with Gasteiger partial charge < -0.3 is 14.4 Å². The number of methoxy groups -OCH3 is 2. The van der Waals surface area contributed by atoms with E-state index in [1.54, 1.807) is 25.3 Å². The normalized spacial score (nSPS) is 22.0. The number of amides is 1. The van der Waals surface area contributed by atoms with E-state index >= 15 is 0 Å². The quantitative estimate of drug-likeness (QED) is 0.424. The van der Waals surface area contributed by atoms with E-state index in [0.29, 0.717) is 46.7 Å². The Morgan fingerprint density at radius 3 is 2.63 bits per heavy atom. The summed E-state index contributed by atoms with van der Waals surface area (Å²) in [6.45, 7) is 3.05. The largest absolute Gasteiger partial charge is 0.493 e. The minimum absolute atomic E-state index is 0.0877. The lowest BCUT2D eigenvalue weighted by Gasteiger charge is -2.25. The number of ether oxygens (including phenoxy) is 2. The molecule has 1 atom stereocenters. The van der Waals surface area contributed by atoms with Crippen LogP contribution in [0.4, 0.5) is 0 Å². The molecule has 2 heterocycles. The molecule has 3 rings (SSSR count). The van der Waals surface area contributed by atoms with Crippen LogP contribution in [0.1, 0.15) is 18.9 Å². The van der Waals surface area contributed by atoms with E-state index in [2.05, 4.69) is 0 Å². The maximum Gasteiger partial charge on any atom is 0.267 e. The van der Waals surface area contributed by atoms with Crippen molar-refractivity contribution in [1.29, 1.82) is 0 Å². The molecule has 10 heteroatoms. The lowest BCUT2D eigenvalue weighted by atomic mass is 10.1. The van der Waals surface area contributed by atoms with E-state index in [1.807, 2.05) is 30.0 Å². The summed E-state index contributed by atoms with van der Waals surface area (Å²) in [7, 11) is 0.187. The van der Waals surface area contributed by atoms with Gasteiger partial charge in [-0.3, -0.25) is 9.69 Å². The average Bonchev–Trinajstić information content (AvgIpc) is 3.22. The van der Waals surface area contributed by atoms with Gasteiger partial charge in [-0.25, -0.2) is 8.42 Å². The maximum absolute atomic E-state index is 12.9. The number of nitrogens with zero attached hydrogens (tertiary/aromatic N) is 2. The van der Waals surface area contributed by atoms with Crippen LogP contribution >= 0.6 is 24.0 Å². The monoisotopic (exact) mass is 470 g/mol. The van der Waals surface area contributed by atoms with Crippen LogP contribution in [0.3, 0.4) is 0 Å². The van der Waals surface area contributed by atoms with Crippen molar-refractivity contribution >= 4 is 44.0 Å². The van der Waals surface area contributed by atoms with Crippen molar-refractivity contribution in [2.45, 2.75) is 25.8 Å². The first-order valence-electron chi connectivity index (χ1n) is 9.70. The number of benzene rings is 1. The predicted octanol–water partition coefficient (Wildman–Crippen LogP) is 2.46. The Bertz CT molecular complexity index is 961. The predicted molar refractivity (Wildman–Crippen MR) is 123 cm³/mol. The molecular weight excluding hydrogens is 444 g/mol. The number of carbonyl (C=O) groups excluding carboxylic acids is 1. The number of rotatable bonds is 8. The van der Waals surface area contributed by atoms with Crippen LogP contribution in [-0.2, 0) is 21.1 Å². The highest BCUT2D eigenvalue weighted by atomic mass is 32.2. The van der Waals surface area contributed by atoms with Gasteiger partial charge >= 0.3 is 0 Å². The zero-order chi connectivity index (χ0) is 21.9. The summed E-state index contributed by atoms with van der Waals surface area (Å²) in [5, 5.41) is 0. The number of thioether (sulfide) groups is 1. The summed E-state index contributed by atoms with van der Waals surface area (Å²) < 4.78 is 34.7. The molecule has 2 fully saturated rings. The van der Waals surface area contributed by atoms with Gasteiger partial charge in [0.15, 0.2) is 21.3 Å². The minimum Gasteiger partial charge on any atom is -0.493 e. The van der Waals surface area contributed by atoms with Gasteiger partial charge in [0.2, 0.25) is 0 Å². The van der Waals surface area contributed by atoms with Gasteiger partial charge in [-0.15, -0.1) is 0 Å². The van der Waals surface area contributed by atoms with Gasteiger partial charge in [0.05, 0.1) is 30.6 Å². The molecule has 1 amide bonds. The molecule has 164 valence electrons. The molecule has 1 aromatic carbocycles. The smallest absolute Gasteiger partial charge is 0.267 e. The van der Waals surface area contributed by atoms with E-state index in [1.165, 1.54) is 11.8 Å². The lowest BCUT2D eigenvalue weighted by molar-refractivity contribution is -0.122. The lowest BCUT2D eigenvalue weighted by Crippen LogP contribution is -2.33. The maximum atomic E-state index is 12.9. The van der Waals surface area contributed by atoms with Crippen LogP contribution < -0.4 is 9.47 Å². The second-order valence-electron chi connectivity index (χ2n) is 7.14. The third-order valence-corrected chi connectivity index (χ3v) is 8.39. The summed E-state index contributed by atoms with van der Waals surface area (Å²) in [6.07, 6.45) is 2.99. The summed E-state index contributed by atoms with van der Waals surface area (Å²) in [5.41, 5.74) is 1.01. The highest BCUT2D eigenvalue weighted by Gasteiger charge is 2.35. The summed E-state index contributed by atoms with van der Waals surface area (Å²) in [6, 6.07) is 5.59. The Hall–Kier alpha value is -1.78. The SMILES string of the molecule is CCN(C=C1SC(=S)N(CCc2ccc(OC)c(OC)c2)C1=O)C1CCS(=O)(=O)C1. The molecule has 7 nitrogen and oxygen atoms in total. The fourth-order valence-electron chi connectivity index (χ4n) is 3.60. The van der Waals surface area contributed by atoms with E-state index in [4.69, 9.17) is 21.7 Å². The highest BCUT2D eigenvalue weighted by Crippen LogP contribution is 2.33. The molecule has 0 bridgehead atoms. The number of hydrogen-bond donors (Lipinski definition) is 0. The van der Waals surface area contributed by atoms with Crippen molar-refractivity contribution in [2.75, 3.05) is 38.8 Å². The molecule has 0 N–H and O–H groups in total. The minimum atomic E-state index is -2.99. The summed E-state index contributed by atoms with van der Waals surface area (Å²) in [4.78, 5) is 17.0. The summed E-state index contributed by atoms with van der Waals surface area (Å²) >= 11 is 6.69. The molecule has 0 aliphatic carbocycles. The second kappa shape index (κ2) is 9.57. The van der Waals surface area contributed by atoms with Crippen molar-refractivity contribution in [1.82, 2.24) is 9.80 Å². The van der Waals surface area contributed by atoms with Crippen LogP contribution in [0, 0.1) is 0 Å². The van der Waals surface area contributed by atoms with Crippen LogP contribution in [-0.4, -0.2) is 73.3 Å². The van der Waals surface area contributed by atoms with E-state index < -0.39 is 9.84 Å². The van der Waals surface area contributed by atoms with E-state index in [-0.39, 0.29) is 23.5 Å². The van der Waals surface area contributed by atoms with Crippen molar-refractivity contribution in [2.24, 2.45) is 0 Å². The highest BCUT2D eigenvalue weighted by molar-refractivity contribution is 8.26. The van der Waals surface area contributed by atoms with E-state index in [9.17, 15) is 13.2 Å². The Morgan fingerprint density at radius 1 is 1.30 bits per heavy atom. The standard InChI is InChI=1S/C20H26N2O5S3/c1-4-21(15-8-10-30(24,25)13-15)12-18-19(23)22(20(28)29-18)9-7-14-5-6-16(26-2)17(11-14)27-3/h5-6,11-12,15H,4,7-10,13H2,1-3H3. The molecule has 2 saturated heterocycles. The van der Waals surface area contributed by atoms with Gasteiger partial charge in [0, 0.05) is 25.3 Å². The van der Waals surface area contributed by atoms with Gasteiger partial charge in [-0.05, 0) is 37.5 Å². The molecular formula is C20H26N2O5S3. The molecule has 0 radical (unpaired) electrons. The summed E-state index contributed by atoms with van der Waals surface area (Å²) in [5.74, 6) is 1.50. The van der Waals surface area contributed by atoms with Crippen molar-refractivity contribution < 1.29 is 22.7 Å². The third kappa shape index (κ3) is 5.09. The first-order chi connectivity index (χ1) is 14.3.